The maximum absolute atomic E-state index is 2.63. The van der Waals surface area contributed by atoms with Crippen LogP contribution in [0.5, 0.6) is 0 Å². The van der Waals surface area contributed by atoms with Crippen molar-refractivity contribution in [3.8, 4) is 0 Å². The van der Waals surface area contributed by atoms with Crippen LogP contribution < -0.4 is 0 Å². The van der Waals surface area contributed by atoms with Crippen molar-refractivity contribution in [2.75, 3.05) is 13.1 Å². The van der Waals surface area contributed by atoms with E-state index in [1.54, 1.807) is 0 Å². The molecule has 4 bridgehead atoms. The van der Waals surface area contributed by atoms with E-state index in [0.717, 1.165) is 12.1 Å². The minimum atomic E-state index is 0.846. The molecule has 5 aliphatic rings. The number of hydrogen-bond donors (Lipinski definition) is 0. The van der Waals surface area contributed by atoms with Crippen LogP contribution in [0.3, 0.4) is 0 Å². The third-order valence-corrected chi connectivity index (χ3v) is 3.91. The molecule has 12 heavy (non-hydrogen) atoms. The second-order valence-electron chi connectivity index (χ2n) is 4.36. The van der Waals surface area contributed by atoms with Gasteiger partial charge in [0.15, 0.2) is 0 Å². The molecule has 3 fully saturated rings. The van der Waals surface area contributed by atoms with Gasteiger partial charge in [0.25, 0.3) is 0 Å². The van der Waals surface area contributed by atoms with Crippen LogP contribution in [0, 0.1) is 0 Å². The standard InChI is InChI=1S/C10H16N2/c1-7-8(2)12-6-9-3-4-10(12)5-11(7)9/h9-10H,3-6H2,1-2H3. The zero-order chi connectivity index (χ0) is 8.29. The summed E-state index contributed by atoms with van der Waals surface area (Å²) in [5, 5.41) is 0. The van der Waals surface area contributed by atoms with Crippen molar-refractivity contribution >= 4 is 0 Å². The third kappa shape index (κ3) is 0.621. The Kier molecular flexibility index (Phi) is 1.12. The minimum absolute atomic E-state index is 0.846. The summed E-state index contributed by atoms with van der Waals surface area (Å²) in [6, 6.07) is 1.69. The van der Waals surface area contributed by atoms with E-state index >= 15 is 0 Å². The topological polar surface area (TPSA) is 6.48 Å². The predicted molar refractivity (Wildman–Crippen MR) is 48.6 cm³/mol. The van der Waals surface area contributed by atoms with Gasteiger partial charge >= 0.3 is 0 Å². The molecular weight excluding hydrogens is 148 g/mol. The first kappa shape index (κ1) is 6.81. The van der Waals surface area contributed by atoms with E-state index in [1.807, 2.05) is 0 Å². The Hall–Kier alpha value is -0.660. The van der Waals surface area contributed by atoms with Crippen molar-refractivity contribution in [1.29, 1.82) is 0 Å². The molecule has 0 aliphatic carbocycles. The fourth-order valence-electron chi connectivity index (χ4n) is 3.07. The van der Waals surface area contributed by atoms with Crippen LogP contribution in [-0.4, -0.2) is 35.0 Å². The molecule has 5 heterocycles. The van der Waals surface area contributed by atoms with Crippen molar-refractivity contribution in [3.63, 3.8) is 0 Å². The largest absolute Gasteiger partial charge is 0.367 e. The number of allylic oxidation sites excluding steroid dienone is 2. The first-order valence-electron chi connectivity index (χ1n) is 4.98. The summed E-state index contributed by atoms with van der Waals surface area (Å²) in [4.78, 5) is 5.26. The van der Waals surface area contributed by atoms with Gasteiger partial charge in [0.2, 0.25) is 0 Å². The SMILES string of the molecule is CC1=C(C)N2CC3CCC2CN13. The van der Waals surface area contributed by atoms with Gasteiger partial charge in [-0.2, -0.15) is 0 Å². The highest BCUT2D eigenvalue weighted by Gasteiger charge is 2.43. The lowest BCUT2D eigenvalue weighted by molar-refractivity contribution is -0.0110. The quantitative estimate of drug-likeness (QED) is 0.534. The molecule has 0 amide bonds. The number of hydrogen-bond acceptors (Lipinski definition) is 2. The number of rotatable bonds is 0. The van der Waals surface area contributed by atoms with Gasteiger partial charge in [0.1, 0.15) is 0 Å². The lowest BCUT2D eigenvalue weighted by Crippen LogP contribution is -2.65. The lowest BCUT2D eigenvalue weighted by atomic mass is 9.86. The maximum Gasteiger partial charge on any atom is 0.0464 e. The lowest BCUT2D eigenvalue weighted by Gasteiger charge is -2.59. The van der Waals surface area contributed by atoms with Gasteiger partial charge in [-0.05, 0) is 26.7 Å². The predicted octanol–water partition coefficient (Wildman–Crippen LogP) is 1.40. The minimum Gasteiger partial charge on any atom is -0.367 e. The van der Waals surface area contributed by atoms with Crippen LogP contribution >= 0.6 is 0 Å². The van der Waals surface area contributed by atoms with Crippen molar-refractivity contribution in [1.82, 2.24) is 9.80 Å². The summed E-state index contributed by atoms with van der Waals surface area (Å²) >= 11 is 0. The van der Waals surface area contributed by atoms with E-state index in [1.165, 1.54) is 37.3 Å². The summed E-state index contributed by atoms with van der Waals surface area (Å²) < 4.78 is 0. The zero-order valence-corrected chi connectivity index (χ0v) is 7.88. The Morgan fingerprint density at radius 3 is 1.67 bits per heavy atom. The normalized spacial score (nSPS) is 38.5. The van der Waals surface area contributed by atoms with E-state index in [-0.39, 0.29) is 0 Å². The van der Waals surface area contributed by atoms with Gasteiger partial charge in [-0.3, -0.25) is 0 Å². The number of fused-ring (bicyclic) bond motifs is 1. The van der Waals surface area contributed by atoms with Crippen LogP contribution in [0.25, 0.3) is 0 Å². The zero-order valence-electron chi connectivity index (χ0n) is 7.88. The second kappa shape index (κ2) is 1.98. The average Bonchev–Trinajstić information content (AvgIpc) is 2.14. The molecule has 0 N–H and O–H groups in total. The molecule has 0 aromatic rings. The van der Waals surface area contributed by atoms with Gasteiger partial charge in [0, 0.05) is 36.6 Å². The molecule has 0 radical (unpaired) electrons. The molecular formula is C10H16N2. The Labute approximate surface area is 73.8 Å². The Balaban J connectivity index is 2.09. The molecule has 5 aliphatic heterocycles. The fourth-order valence-corrected chi connectivity index (χ4v) is 3.07. The van der Waals surface area contributed by atoms with Crippen LogP contribution in [0.15, 0.2) is 11.4 Å². The molecule has 2 unspecified atom stereocenters. The second-order valence-corrected chi connectivity index (χ2v) is 4.36. The molecule has 3 saturated heterocycles. The van der Waals surface area contributed by atoms with Crippen molar-refractivity contribution < 1.29 is 0 Å². The fraction of sp³-hybridized carbons (Fsp3) is 0.800. The molecule has 0 spiro atoms. The van der Waals surface area contributed by atoms with Gasteiger partial charge in [-0.25, -0.2) is 0 Å². The smallest absolute Gasteiger partial charge is 0.0464 e. The molecule has 5 rings (SSSR count). The van der Waals surface area contributed by atoms with Crippen LogP contribution in [0.2, 0.25) is 0 Å². The molecule has 0 saturated carbocycles. The van der Waals surface area contributed by atoms with Gasteiger partial charge in [0.05, 0.1) is 0 Å². The van der Waals surface area contributed by atoms with E-state index in [4.69, 9.17) is 0 Å². The van der Waals surface area contributed by atoms with Gasteiger partial charge in [-0.1, -0.05) is 0 Å². The number of piperidine rings is 2. The molecule has 2 atom stereocenters. The molecule has 66 valence electrons. The van der Waals surface area contributed by atoms with E-state index in [0.29, 0.717) is 0 Å². The Bertz CT molecular complexity index is 231. The van der Waals surface area contributed by atoms with E-state index in [9.17, 15) is 0 Å². The molecule has 0 aromatic heterocycles. The highest BCUT2D eigenvalue weighted by molar-refractivity contribution is 5.21. The van der Waals surface area contributed by atoms with E-state index < -0.39 is 0 Å². The maximum atomic E-state index is 2.63. The monoisotopic (exact) mass is 164 g/mol. The summed E-state index contributed by atoms with van der Waals surface area (Å²) in [6.45, 7) is 7.15. The first-order valence-corrected chi connectivity index (χ1v) is 4.98. The van der Waals surface area contributed by atoms with Crippen molar-refractivity contribution in [2.45, 2.75) is 38.8 Å². The summed E-state index contributed by atoms with van der Waals surface area (Å²) in [6.07, 6.45) is 2.84. The van der Waals surface area contributed by atoms with Crippen molar-refractivity contribution in [3.05, 3.63) is 11.4 Å². The Morgan fingerprint density at radius 1 is 0.917 bits per heavy atom. The first-order chi connectivity index (χ1) is 5.77. The van der Waals surface area contributed by atoms with Crippen LogP contribution in [-0.2, 0) is 0 Å². The highest BCUT2D eigenvalue weighted by Crippen LogP contribution is 2.39. The van der Waals surface area contributed by atoms with Crippen LogP contribution in [0.4, 0.5) is 0 Å². The third-order valence-electron chi connectivity index (χ3n) is 3.91. The summed E-state index contributed by atoms with van der Waals surface area (Å²) in [5.41, 5.74) is 3.06. The molecule has 0 aromatic carbocycles. The van der Waals surface area contributed by atoms with E-state index in [2.05, 4.69) is 23.6 Å². The summed E-state index contributed by atoms with van der Waals surface area (Å²) in [7, 11) is 0. The van der Waals surface area contributed by atoms with Crippen LogP contribution in [0.1, 0.15) is 26.7 Å². The average molecular weight is 164 g/mol. The number of piperazine rings is 1. The number of nitrogens with zero attached hydrogens (tertiary/aromatic N) is 2. The molecule has 2 heteroatoms. The summed E-state index contributed by atoms with van der Waals surface area (Å²) in [5.74, 6) is 0. The molecule has 2 nitrogen and oxygen atoms in total. The highest BCUT2D eigenvalue weighted by atomic mass is 15.4. The Morgan fingerprint density at radius 2 is 1.33 bits per heavy atom. The van der Waals surface area contributed by atoms with Gasteiger partial charge in [-0.15, -0.1) is 0 Å². The van der Waals surface area contributed by atoms with Crippen molar-refractivity contribution in [2.24, 2.45) is 0 Å². The van der Waals surface area contributed by atoms with Gasteiger partial charge < -0.3 is 9.80 Å².